The van der Waals surface area contributed by atoms with Crippen LogP contribution in [0.4, 0.5) is 9.59 Å². The summed E-state index contributed by atoms with van der Waals surface area (Å²) >= 11 is 0. The van der Waals surface area contributed by atoms with Gasteiger partial charge in [-0.15, -0.1) is 0 Å². The Bertz CT molecular complexity index is 635. The zero-order valence-electron chi connectivity index (χ0n) is 23.8. The highest BCUT2D eigenvalue weighted by Gasteiger charge is 2.35. The molecule has 0 aromatic heterocycles. The molecule has 2 aliphatic carbocycles. The molecule has 0 amide bonds. The van der Waals surface area contributed by atoms with Gasteiger partial charge in [0.25, 0.3) is 0 Å². The van der Waals surface area contributed by atoms with Gasteiger partial charge < -0.3 is 29.2 Å². The lowest BCUT2D eigenvalue weighted by Crippen LogP contribution is -2.36. The van der Waals surface area contributed by atoms with E-state index >= 15 is 0 Å². The molecule has 0 heterocycles. The van der Waals surface area contributed by atoms with Gasteiger partial charge in [-0.25, -0.2) is 9.59 Å². The van der Waals surface area contributed by atoms with E-state index in [1.807, 2.05) is 0 Å². The summed E-state index contributed by atoms with van der Waals surface area (Å²) in [6.45, 7) is 16.1. The van der Waals surface area contributed by atoms with Crippen molar-refractivity contribution in [2.45, 2.75) is 118 Å². The predicted octanol–water partition coefficient (Wildman–Crippen LogP) is 5.96. The lowest BCUT2D eigenvalue weighted by Gasteiger charge is -2.36. The standard InChI is InChI=1S/2C14H26O4/c1-9(2)12-6-5-10(3)7-13(12)18-14(16)17-8-11(4)15;1-9(2)12-6-5-10(3)7-13(12)18-14(16)17-11(4)8-15/h2*9-13,15H,5-8H2,1-4H3. The van der Waals surface area contributed by atoms with Gasteiger partial charge >= 0.3 is 12.3 Å². The van der Waals surface area contributed by atoms with Crippen LogP contribution in [0.15, 0.2) is 0 Å². The van der Waals surface area contributed by atoms with Gasteiger partial charge in [-0.2, -0.15) is 0 Å². The molecule has 0 saturated heterocycles. The van der Waals surface area contributed by atoms with Crippen molar-refractivity contribution in [3.63, 3.8) is 0 Å². The van der Waals surface area contributed by atoms with Gasteiger partial charge in [0.1, 0.15) is 24.9 Å². The van der Waals surface area contributed by atoms with Crippen LogP contribution in [0.2, 0.25) is 0 Å². The first-order valence-electron chi connectivity index (χ1n) is 13.8. The Kier molecular flexibility index (Phi) is 14.7. The van der Waals surface area contributed by atoms with Crippen molar-refractivity contribution in [1.29, 1.82) is 0 Å². The molecule has 8 nitrogen and oxygen atoms in total. The molecular formula is C28H52O8. The van der Waals surface area contributed by atoms with Gasteiger partial charge in [-0.05, 0) is 75.0 Å². The molecule has 0 spiro atoms. The quantitative estimate of drug-likeness (QED) is 0.380. The molecule has 0 bridgehead atoms. The van der Waals surface area contributed by atoms with Gasteiger partial charge in [-0.3, -0.25) is 0 Å². The molecule has 2 fully saturated rings. The van der Waals surface area contributed by atoms with Gasteiger partial charge in [0.15, 0.2) is 0 Å². The summed E-state index contributed by atoms with van der Waals surface area (Å²) < 4.78 is 20.7. The van der Waals surface area contributed by atoms with E-state index in [2.05, 4.69) is 41.5 Å². The van der Waals surface area contributed by atoms with Crippen molar-refractivity contribution >= 4 is 12.3 Å². The summed E-state index contributed by atoms with van der Waals surface area (Å²) in [5, 5.41) is 17.9. The smallest absolute Gasteiger partial charge is 0.432 e. The Labute approximate surface area is 218 Å². The second-order valence-corrected chi connectivity index (χ2v) is 11.7. The van der Waals surface area contributed by atoms with Crippen LogP contribution >= 0.6 is 0 Å². The number of hydrogen-bond donors (Lipinski definition) is 2. The molecule has 0 aromatic rings. The zero-order chi connectivity index (χ0) is 27.4. The fourth-order valence-electron chi connectivity index (χ4n) is 5.20. The van der Waals surface area contributed by atoms with E-state index in [1.165, 1.54) is 12.8 Å². The third-order valence-electron chi connectivity index (χ3n) is 7.41. The molecular weight excluding hydrogens is 464 g/mol. The van der Waals surface area contributed by atoms with Crippen molar-refractivity contribution in [2.75, 3.05) is 13.2 Å². The molecule has 8 heteroatoms. The largest absolute Gasteiger partial charge is 0.508 e. The van der Waals surface area contributed by atoms with E-state index in [1.54, 1.807) is 13.8 Å². The van der Waals surface area contributed by atoms with Crippen molar-refractivity contribution in [3.05, 3.63) is 0 Å². The van der Waals surface area contributed by atoms with Crippen LogP contribution in [0.5, 0.6) is 0 Å². The maximum Gasteiger partial charge on any atom is 0.508 e. The minimum Gasteiger partial charge on any atom is -0.432 e. The molecule has 36 heavy (non-hydrogen) atoms. The number of ether oxygens (including phenoxy) is 4. The number of carbonyl (C=O) groups is 2. The van der Waals surface area contributed by atoms with Crippen LogP contribution in [0.3, 0.4) is 0 Å². The Morgan fingerprint density at radius 3 is 1.61 bits per heavy atom. The third-order valence-corrected chi connectivity index (χ3v) is 7.41. The highest BCUT2D eigenvalue weighted by atomic mass is 16.7. The highest BCUT2D eigenvalue weighted by Crippen LogP contribution is 2.36. The van der Waals surface area contributed by atoms with Crippen LogP contribution in [0.25, 0.3) is 0 Å². The van der Waals surface area contributed by atoms with Crippen LogP contribution in [-0.4, -0.2) is 60.2 Å². The molecule has 212 valence electrons. The first-order valence-corrected chi connectivity index (χ1v) is 13.8. The van der Waals surface area contributed by atoms with Crippen LogP contribution in [0.1, 0.15) is 93.9 Å². The van der Waals surface area contributed by atoms with E-state index in [0.29, 0.717) is 35.5 Å². The van der Waals surface area contributed by atoms with Crippen LogP contribution in [0, 0.1) is 35.5 Å². The van der Waals surface area contributed by atoms with Crippen molar-refractivity contribution < 1.29 is 38.7 Å². The summed E-state index contributed by atoms with van der Waals surface area (Å²) in [5.41, 5.74) is 0. The molecule has 2 aliphatic rings. The predicted molar refractivity (Wildman–Crippen MR) is 138 cm³/mol. The van der Waals surface area contributed by atoms with Gasteiger partial charge in [0.05, 0.1) is 12.7 Å². The lowest BCUT2D eigenvalue weighted by molar-refractivity contribution is -0.0495. The molecule has 0 radical (unpaired) electrons. The molecule has 2 rings (SSSR count). The minimum absolute atomic E-state index is 0.00650. The van der Waals surface area contributed by atoms with E-state index in [0.717, 1.165) is 25.7 Å². The molecule has 2 saturated carbocycles. The normalized spacial score (nSPS) is 30.0. The van der Waals surface area contributed by atoms with E-state index in [-0.39, 0.29) is 25.4 Å². The van der Waals surface area contributed by atoms with Gasteiger partial charge in [-0.1, -0.05) is 54.4 Å². The number of rotatable bonds is 8. The summed E-state index contributed by atoms with van der Waals surface area (Å²) in [6, 6.07) is 0. The maximum absolute atomic E-state index is 11.6. The van der Waals surface area contributed by atoms with Gasteiger partial charge in [0, 0.05) is 0 Å². The molecule has 0 aliphatic heterocycles. The van der Waals surface area contributed by atoms with Crippen molar-refractivity contribution in [1.82, 2.24) is 0 Å². The number of aliphatic hydroxyl groups excluding tert-OH is 2. The van der Waals surface area contributed by atoms with E-state index in [9.17, 15) is 9.59 Å². The SMILES string of the molecule is CC(O)COC(=O)OC1CC(C)CCC1C(C)C.CC1CCC(C(C)C)C(OC(=O)OC(C)CO)C1. The molecule has 0 aromatic carbocycles. The molecule has 8 unspecified atom stereocenters. The zero-order valence-corrected chi connectivity index (χ0v) is 23.8. The number of hydrogen-bond acceptors (Lipinski definition) is 8. The van der Waals surface area contributed by atoms with Gasteiger partial charge in [0.2, 0.25) is 0 Å². The first-order chi connectivity index (χ1) is 16.8. The van der Waals surface area contributed by atoms with E-state index in [4.69, 9.17) is 29.2 Å². The second kappa shape index (κ2) is 16.3. The molecule has 2 N–H and O–H groups in total. The second-order valence-electron chi connectivity index (χ2n) is 11.7. The average Bonchev–Trinajstić information content (AvgIpc) is 2.77. The van der Waals surface area contributed by atoms with E-state index < -0.39 is 24.5 Å². The fraction of sp³-hybridized carbons (Fsp3) is 0.929. The molecule has 8 atom stereocenters. The number of carbonyl (C=O) groups excluding carboxylic acids is 2. The highest BCUT2D eigenvalue weighted by molar-refractivity contribution is 5.60. The fourth-order valence-corrected chi connectivity index (χ4v) is 5.20. The average molecular weight is 517 g/mol. The van der Waals surface area contributed by atoms with Crippen LogP contribution in [-0.2, 0) is 18.9 Å². The maximum atomic E-state index is 11.6. The van der Waals surface area contributed by atoms with Crippen LogP contribution < -0.4 is 0 Å². The first kappa shape index (κ1) is 32.5. The Hall–Kier alpha value is -1.54. The topological polar surface area (TPSA) is 112 Å². The Balaban J connectivity index is 0.000000360. The summed E-state index contributed by atoms with van der Waals surface area (Å²) in [4.78, 5) is 23.1. The Morgan fingerprint density at radius 2 is 1.22 bits per heavy atom. The number of aliphatic hydroxyl groups is 2. The third kappa shape index (κ3) is 12.1. The minimum atomic E-state index is -0.652. The van der Waals surface area contributed by atoms with Crippen molar-refractivity contribution in [2.24, 2.45) is 35.5 Å². The van der Waals surface area contributed by atoms with Crippen molar-refractivity contribution in [3.8, 4) is 0 Å². The summed E-state index contributed by atoms with van der Waals surface area (Å²) in [5.74, 6) is 3.03. The summed E-state index contributed by atoms with van der Waals surface area (Å²) in [7, 11) is 0. The Morgan fingerprint density at radius 1 is 0.778 bits per heavy atom. The lowest BCUT2D eigenvalue weighted by atomic mass is 9.75. The monoisotopic (exact) mass is 516 g/mol. The summed E-state index contributed by atoms with van der Waals surface area (Å²) in [6.07, 6.45) is 3.87.